The van der Waals surface area contributed by atoms with Crippen molar-refractivity contribution < 1.29 is 23.9 Å². The first-order valence-corrected chi connectivity index (χ1v) is 5.99. The van der Waals surface area contributed by atoms with Crippen molar-refractivity contribution in [3.63, 3.8) is 0 Å². The van der Waals surface area contributed by atoms with Gasteiger partial charge >= 0.3 is 54.3 Å². The minimum atomic E-state index is -4.33. The van der Waals surface area contributed by atoms with Crippen molar-refractivity contribution in [1.82, 2.24) is 0 Å². The van der Waals surface area contributed by atoms with E-state index in [-0.39, 0.29) is 0 Å². The van der Waals surface area contributed by atoms with E-state index in [0.717, 1.165) is 6.92 Å². The molecule has 0 saturated carbocycles. The monoisotopic (exact) mass is 229 g/mol. The van der Waals surface area contributed by atoms with Crippen molar-refractivity contribution in [3.8, 4) is 0 Å². The molecule has 8 N–H and O–H groups in total. The van der Waals surface area contributed by atoms with Crippen LogP contribution in [0.15, 0.2) is 0 Å². The molecule has 0 fully saturated rings. The zero-order valence-corrected chi connectivity index (χ0v) is 6.50. The standard InChI is InChI=1S/C2H4O2.4H2N.Pd/c1-2(3)4;;;;;/h1H3,(H,3,4);4*1H2;/q;4*-1;+5/p-1. The fourth-order valence-electron chi connectivity index (χ4n) is 0.210. The van der Waals surface area contributed by atoms with Crippen molar-refractivity contribution >= 4 is 5.97 Å². The van der Waals surface area contributed by atoms with E-state index in [9.17, 15) is 4.79 Å². The van der Waals surface area contributed by atoms with E-state index in [2.05, 4.69) is 3.46 Å². The van der Waals surface area contributed by atoms with Gasteiger partial charge in [0, 0.05) is 0 Å². The third-order valence-corrected chi connectivity index (χ3v) is 1.42. The number of carbonyl (C=O) groups excluding carboxylic acids is 1. The number of nitrogens with two attached hydrogens (primary N) is 4. The first kappa shape index (κ1) is 8.97. The Hall–Kier alpha value is -0.0277. The molecule has 0 aliphatic rings. The van der Waals surface area contributed by atoms with E-state index in [1.165, 1.54) is 0 Å². The summed E-state index contributed by atoms with van der Waals surface area (Å²) in [7, 11) is 0. The third kappa shape index (κ3) is 7.97. The molecule has 0 aromatic rings. The average Bonchev–Trinajstić information content (AvgIpc) is 1.16. The van der Waals surface area contributed by atoms with Crippen LogP contribution in [-0.2, 0) is 23.9 Å². The Morgan fingerprint density at radius 2 is 1.67 bits per heavy atom. The van der Waals surface area contributed by atoms with Gasteiger partial charge in [0.25, 0.3) is 0 Å². The first-order valence-electron chi connectivity index (χ1n) is 1.77. The Morgan fingerprint density at radius 1 is 1.33 bits per heavy atom. The summed E-state index contributed by atoms with van der Waals surface area (Å²) in [4.78, 5) is 10.2. The molecule has 0 aromatic heterocycles. The molecule has 0 unspecified atom stereocenters. The summed E-state index contributed by atoms with van der Waals surface area (Å²) >= 11 is -4.33. The predicted molar refractivity (Wildman–Crippen MR) is 28.5 cm³/mol. The van der Waals surface area contributed by atoms with Crippen molar-refractivity contribution in [3.05, 3.63) is 0 Å². The third-order valence-electron chi connectivity index (χ3n) is 0.240. The van der Waals surface area contributed by atoms with Gasteiger partial charge in [-0.2, -0.15) is 0 Å². The molecule has 7 heteroatoms. The molecule has 0 heterocycles. The van der Waals surface area contributed by atoms with E-state index in [4.69, 9.17) is 17.5 Å². The van der Waals surface area contributed by atoms with Gasteiger partial charge in [-0.15, -0.1) is 0 Å². The van der Waals surface area contributed by atoms with Crippen molar-refractivity contribution in [2.75, 3.05) is 0 Å². The Labute approximate surface area is 54.9 Å². The summed E-state index contributed by atoms with van der Waals surface area (Å²) in [6.45, 7) is 1.13. The second-order valence-electron chi connectivity index (χ2n) is 1.49. The molecule has 0 amide bonds. The Balaban J connectivity index is 4.05. The number of hydrogen-bond donors (Lipinski definition) is 4. The van der Waals surface area contributed by atoms with Gasteiger partial charge in [0.1, 0.15) is 0 Å². The molecular weight excluding hydrogens is 218 g/mol. The second kappa shape index (κ2) is 1.99. The molecule has 0 aliphatic heterocycles. The number of carbonyl (C=O) groups is 1. The Morgan fingerprint density at radius 3 is 1.67 bits per heavy atom. The quantitative estimate of drug-likeness (QED) is 0.372. The molecule has 0 aliphatic carbocycles. The predicted octanol–water partition coefficient (Wildman–Crippen LogP) is -2.35. The van der Waals surface area contributed by atoms with Crippen LogP contribution in [0.1, 0.15) is 6.92 Å². The van der Waals surface area contributed by atoms with Crippen LogP contribution in [0.25, 0.3) is 0 Å². The van der Waals surface area contributed by atoms with Crippen molar-refractivity contribution in [2.24, 2.45) is 17.5 Å². The average molecular weight is 230 g/mol. The number of hydrogen-bond acceptors (Lipinski definition) is 6. The summed E-state index contributed by atoms with van der Waals surface area (Å²) in [6.07, 6.45) is 0. The zero-order chi connectivity index (χ0) is 7.73. The van der Waals surface area contributed by atoms with Crippen LogP contribution in [0, 0.1) is 0 Å². The van der Waals surface area contributed by atoms with Crippen LogP contribution in [-0.4, -0.2) is 5.97 Å². The van der Waals surface area contributed by atoms with Gasteiger partial charge < -0.3 is 0 Å². The van der Waals surface area contributed by atoms with Crippen molar-refractivity contribution in [2.45, 2.75) is 6.92 Å². The van der Waals surface area contributed by atoms with Gasteiger partial charge in [0.05, 0.1) is 0 Å². The van der Waals surface area contributed by atoms with E-state index < -0.39 is 21.6 Å². The molecule has 0 saturated heterocycles. The van der Waals surface area contributed by atoms with Gasteiger partial charge in [-0.1, -0.05) is 0 Å². The Kier molecular flexibility index (Phi) is 1.98. The van der Waals surface area contributed by atoms with E-state index in [1.807, 2.05) is 0 Å². The first-order chi connectivity index (χ1) is 3.67. The summed E-state index contributed by atoms with van der Waals surface area (Å²) in [5.74, 6) is -0.664. The van der Waals surface area contributed by atoms with Gasteiger partial charge in [-0.3, -0.25) is 0 Å². The Bertz CT molecular complexity index is 128. The van der Waals surface area contributed by atoms with Crippen LogP contribution in [0.4, 0.5) is 0 Å². The second-order valence-corrected chi connectivity index (χ2v) is 6.38. The minimum absolute atomic E-state index is 0.664. The van der Waals surface area contributed by atoms with E-state index >= 15 is 0 Å². The topological polar surface area (TPSA) is 130 Å². The SMILES string of the molecule is CC(=O)[O][Pd]([NH2])([NH2])([NH2])[NH2]. The molecule has 0 spiro atoms. The fraction of sp³-hybridized carbons (Fsp3) is 0.500. The van der Waals surface area contributed by atoms with Crippen LogP contribution < -0.4 is 17.5 Å². The van der Waals surface area contributed by atoms with Crippen LogP contribution in [0.5, 0.6) is 0 Å². The molecule has 0 rings (SSSR count). The van der Waals surface area contributed by atoms with Crippen molar-refractivity contribution in [1.29, 1.82) is 0 Å². The maximum atomic E-state index is 10.2. The van der Waals surface area contributed by atoms with Gasteiger partial charge in [0.15, 0.2) is 0 Å². The molecular formula is C2H11N4O2Pd. The van der Waals surface area contributed by atoms with Crippen LogP contribution in [0.2, 0.25) is 0 Å². The van der Waals surface area contributed by atoms with E-state index in [0.29, 0.717) is 0 Å². The molecule has 0 radical (unpaired) electrons. The van der Waals surface area contributed by atoms with Gasteiger partial charge in [-0.05, 0) is 0 Å². The maximum absolute atomic E-state index is 10.2. The summed E-state index contributed by atoms with van der Waals surface area (Å²) in [5.41, 5.74) is 0. The van der Waals surface area contributed by atoms with E-state index in [1.54, 1.807) is 0 Å². The van der Waals surface area contributed by atoms with Gasteiger partial charge in [-0.25, -0.2) is 0 Å². The van der Waals surface area contributed by atoms with Gasteiger partial charge in [0.2, 0.25) is 0 Å². The number of rotatable bonds is 1. The molecule has 9 heavy (non-hydrogen) atoms. The molecule has 0 bridgehead atoms. The summed E-state index contributed by atoms with van der Waals surface area (Å²) in [6, 6.07) is 0. The normalized spacial score (nSPS) is 15.9. The summed E-state index contributed by atoms with van der Waals surface area (Å²) < 4.78 is 24.4. The molecule has 6 nitrogen and oxygen atoms in total. The zero-order valence-electron chi connectivity index (χ0n) is 4.94. The molecule has 0 atom stereocenters. The molecule has 0 aromatic carbocycles. The fourth-order valence-corrected chi connectivity index (χ4v) is 1.24. The summed E-state index contributed by atoms with van der Waals surface area (Å²) in [5, 5.41) is 0. The van der Waals surface area contributed by atoms with Crippen LogP contribution in [0.3, 0.4) is 0 Å². The van der Waals surface area contributed by atoms with Crippen LogP contribution >= 0.6 is 0 Å². The molecule has 61 valence electrons.